The number of alkyl halides is 5. The quantitative estimate of drug-likeness (QED) is 0.293. The van der Waals surface area contributed by atoms with Gasteiger partial charge in [0.1, 0.15) is 23.4 Å². The highest BCUT2D eigenvalue weighted by Crippen LogP contribution is 2.43. The topological polar surface area (TPSA) is 93.1 Å². The average Bonchev–Trinajstić information content (AvgIpc) is 2.86. The lowest BCUT2D eigenvalue weighted by Gasteiger charge is -2.38. The first-order chi connectivity index (χ1) is 19.0. The zero-order chi connectivity index (χ0) is 30.3. The molecule has 1 N–H and O–H groups in total. The summed E-state index contributed by atoms with van der Waals surface area (Å²) in [7, 11) is -4.69. The number of anilines is 1. The van der Waals surface area contributed by atoms with Crippen LogP contribution in [-0.2, 0) is 21.0 Å². The van der Waals surface area contributed by atoms with Gasteiger partial charge in [0.2, 0.25) is 0 Å². The molecule has 0 saturated heterocycles. The van der Waals surface area contributed by atoms with Crippen LogP contribution in [0.25, 0.3) is 11.1 Å². The van der Waals surface area contributed by atoms with Crippen molar-refractivity contribution in [1.82, 2.24) is 0 Å². The minimum absolute atomic E-state index is 0.0361. The highest BCUT2D eigenvalue weighted by molar-refractivity contribution is 7.92. The van der Waals surface area contributed by atoms with Crippen LogP contribution in [0.15, 0.2) is 65.6 Å². The maximum atomic E-state index is 14.2. The molecule has 1 heterocycles. The third-order valence-corrected chi connectivity index (χ3v) is 8.16. The van der Waals surface area contributed by atoms with E-state index in [-0.39, 0.29) is 29.0 Å². The molecule has 0 spiro atoms. The highest BCUT2D eigenvalue weighted by atomic mass is 32.2. The SMILES string of the molecule is CC(C)(C[C@@H]1CN(S(=O)(=O)c2cccc(C(F)(F)F)c2)c2cc(-c3cc(F)cc(OC(F)F)c3)ccc2O1)C(=O)O. The maximum Gasteiger partial charge on any atom is 0.416 e. The van der Waals surface area contributed by atoms with Gasteiger partial charge in [0.05, 0.1) is 28.1 Å². The summed E-state index contributed by atoms with van der Waals surface area (Å²) < 4.78 is 118. The summed E-state index contributed by atoms with van der Waals surface area (Å²) >= 11 is 0. The van der Waals surface area contributed by atoms with Crippen molar-refractivity contribution in [3.8, 4) is 22.6 Å². The Bertz CT molecular complexity index is 1570. The van der Waals surface area contributed by atoms with Crippen LogP contribution in [0.4, 0.5) is 32.0 Å². The molecule has 0 bridgehead atoms. The van der Waals surface area contributed by atoms with Gasteiger partial charge in [-0.1, -0.05) is 12.1 Å². The third kappa shape index (κ3) is 6.53. The number of fused-ring (bicyclic) bond motifs is 1. The highest BCUT2D eigenvalue weighted by Gasteiger charge is 2.40. The number of hydrogen-bond acceptors (Lipinski definition) is 5. The normalized spacial score (nSPS) is 15.8. The van der Waals surface area contributed by atoms with E-state index in [2.05, 4.69) is 4.74 Å². The minimum Gasteiger partial charge on any atom is -0.486 e. The van der Waals surface area contributed by atoms with Gasteiger partial charge >= 0.3 is 18.8 Å². The Labute approximate surface area is 231 Å². The molecule has 41 heavy (non-hydrogen) atoms. The molecule has 0 unspecified atom stereocenters. The van der Waals surface area contributed by atoms with E-state index in [9.17, 15) is 44.7 Å². The maximum absolute atomic E-state index is 14.2. The molecule has 0 saturated carbocycles. The number of nitrogens with zero attached hydrogens (tertiary/aromatic N) is 1. The van der Waals surface area contributed by atoms with E-state index in [4.69, 9.17) is 4.74 Å². The van der Waals surface area contributed by atoms with Crippen molar-refractivity contribution >= 4 is 21.7 Å². The molecular formula is C27H23F6NO6S. The van der Waals surface area contributed by atoms with E-state index in [1.165, 1.54) is 32.0 Å². The number of carboxylic acids is 1. The lowest BCUT2D eigenvalue weighted by Crippen LogP contribution is -2.46. The number of hydrogen-bond donors (Lipinski definition) is 1. The van der Waals surface area contributed by atoms with Crippen LogP contribution in [0.2, 0.25) is 0 Å². The first-order valence-electron chi connectivity index (χ1n) is 12.0. The van der Waals surface area contributed by atoms with Crippen LogP contribution in [0.1, 0.15) is 25.8 Å². The van der Waals surface area contributed by atoms with Gasteiger partial charge in [-0.05, 0) is 67.4 Å². The largest absolute Gasteiger partial charge is 0.486 e. The van der Waals surface area contributed by atoms with Gasteiger partial charge in [-0.15, -0.1) is 0 Å². The van der Waals surface area contributed by atoms with Gasteiger partial charge < -0.3 is 14.6 Å². The van der Waals surface area contributed by atoms with Crippen LogP contribution >= 0.6 is 0 Å². The molecular weight excluding hydrogens is 580 g/mol. The van der Waals surface area contributed by atoms with Crippen molar-refractivity contribution in [2.75, 3.05) is 10.8 Å². The van der Waals surface area contributed by atoms with E-state index in [0.29, 0.717) is 12.1 Å². The van der Waals surface area contributed by atoms with Gasteiger partial charge in [-0.2, -0.15) is 22.0 Å². The first kappa shape index (κ1) is 30.0. The summed E-state index contributed by atoms with van der Waals surface area (Å²) in [6, 6.07) is 9.90. The molecule has 0 aromatic heterocycles. The molecule has 1 aliphatic rings. The van der Waals surface area contributed by atoms with Crippen molar-refractivity contribution in [1.29, 1.82) is 0 Å². The fourth-order valence-electron chi connectivity index (χ4n) is 4.34. The van der Waals surface area contributed by atoms with Crippen LogP contribution < -0.4 is 13.8 Å². The molecule has 220 valence electrons. The number of sulfonamides is 1. The number of halogens is 6. The summed E-state index contributed by atoms with van der Waals surface area (Å²) in [5.74, 6) is -2.63. The zero-order valence-electron chi connectivity index (χ0n) is 21.5. The number of rotatable bonds is 8. The van der Waals surface area contributed by atoms with E-state index in [1.807, 2.05) is 0 Å². The molecule has 0 amide bonds. The van der Waals surface area contributed by atoms with Crippen molar-refractivity contribution < 1.29 is 54.1 Å². The lowest BCUT2D eigenvalue weighted by molar-refractivity contribution is -0.148. The Morgan fingerprint density at radius 1 is 1.07 bits per heavy atom. The van der Waals surface area contributed by atoms with Gasteiger partial charge in [0.25, 0.3) is 10.0 Å². The number of carbonyl (C=O) groups is 1. The summed E-state index contributed by atoms with van der Waals surface area (Å²) in [5.41, 5.74) is -2.50. The third-order valence-electron chi connectivity index (χ3n) is 6.39. The van der Waals surface area contributed by atoms with Crippen molar-refractivity contribution in [3.05, 3.63) is 72.0 Å². The first-order valence-corrected chi connectivity index (χ1v) is 13.4. The fraction of sp³-hybridized carbons (Fsp3) is 0.296. The fourth-order valence-corrected chi connectivity index (χ4v) is 5.89. The Balaban J connectivity index is 1.84. The second-order valence-electron chi connectivity index (χ2n) is 9.93. The Hall–Kier alpha value is -3.94. The standard InChI is InChI=1S/C27H23F6NO6S/c1-26(2,24(35)36)13-20-14-34(41(37,38)21-5-3-4-17(11-21)27(31,32)33)22-10-15(6-7-23(22)39-20)16-8-18(28)12-19(9-16)40-25(29)30/h3-12,20,25H,13-14H2,1-2H3,(H,35,36)/t20-/m1/s1. The molecule has 0 aliphatic carbocycles. The second-order valence-corrected chi connectivity index (χ2v) is 11.8. The van der Waals surface area contributed by atoms with Crippen molar-refractivity contribution in [2.45, 2.75) is 44.1 Å². The van der Waals surface area contributed by atoms with Gasteiger partial charge in [-0.25, -0.2) is 12.8 Å². The van der Waals surface area contributed by atoms with Gasteiger partial charge in [0.15, 0.2) is 0 Å². The molecule has 1 aliphatic heterocycles. The van der Waals surface area contributed by atoms with E-state index in [1.54, 1.807) is 0 Å². The monoisotopic (exact) mass is 603 g/mol. The Morgan fingerprint density at radius 3 is 2.41 bits per heavy atom. The van der Waals surface area contributed by atoms with Crippen LogP contribution in [0.3, 0.4) is 0 Å². The second kappa shape index (κ2) is 10.8. The van der Waals surface area contributed by atoms with Crippen LogP contribution in [0, 0.1) is 11.2 Å². The minimum atomic E-state index is -4.83. The number of benzene rings is 3. The predicted octanol–water partition coefficient (Wildman–Crippen LogP) is 6.57. The summed E-state index contributed by atoms with van der Waals surface area (Å²) in [6.07, 6.45) is -6.00. The molecule has 1 atom stereocenters. The van der Waals surface area contributed by atoms with Gasteiger partial charge in [-0.3, -0.25) is 9.10 Å². The number of aliphatic carboxylic acids is 1. The van der Waals surface area contributed by atoms with E-state index in [0.717, 1.165) is 34.6 Å². The smallest absolute Gasteiger partial charge is 0.416 e. The number of carboxylic acid groups (broad SMARTS) is 1. The predicted molar refractivity (Wildman–Crippen MR) is 135 cm³/mol. The van der Waals surface area contributed by atoms with E-state index < -0.39 is 68.9 Å². The molecule has 0 fully saturated rings. The molecule has 0 radical (unpaired) electrons. The molecule has 3 aromatic carbocycles. The molecule has 14 heteroatoms. The Kier molecular flexibility index (Phi) is 7.91. The van der Waals surface area contributed by atoms with E-state index >= 15 is 0 Å². The van der Waals surface area contributed by atoms with Crippen LogP contribution in [-0.4, -0.2) is 38.8 Å². The molecule has 4 rings (SSSR count). The van der Waals surface area contributed by atoms with Gasteiger partial charge in [0, 0.05) is 12.5 Å². The van der Waals surface area contributed by atoms with Crippen molar-refractivity contribution in [3.63, 3.8) is 0 Å². The number of ether oxygens (including phenoxy) is 2. The molecule has 3 aromatic rings. The average molecular weight is 604 g/mol. The Morgan fingerprint density at radius 2 is 1.78 bits per heavy atom. The molecule has 7 nitrogen and oxygen atoms in total. The summed E-state index contributed by atoms with van der Waals surface area (Å²) in [6.45, 7) is -0.881. The van der Waals surface area contributed by atoms with Crippen molar-refractivity contribution in [2.24, 2.45) is 5.41 Å². The van der Waals surface area contributed by atoms with Crippen LogP contribution in [0.5, 0.6) is 11.5 Å². The lowest BCUT2D eigenvalue weighted by atomic mass is 9.86. The zero-order valence-corrected chi connectivity index (χ0v) is 22.3. The summed E-state index contributed by atoms with van der Waals surface area (Å²) in [4.78, 5) is 11.0. The summed E-state index contributed by atoms with van der Waals surface area (Å²) in [5, 5.41) is 9.56.